The van der Waals surface area contributed by atoms with E-state index in [4.69, 9.17) is 5.73 Å². The summed E-state index contributed by atoms with van der Waals surface area (Å²) in [5.74, 6) is -0.0764. The average Bonchev–Trinajstić information content (AvgIpc) is 3.25. The van der Waals surface area contributed by atoms with E-state index in [0.717, 1.165) is 38.5 Å². The van der Waals surface area contributed by atoms with E-state index in [9.17, 15) is 4.79 Å². The summed E-state index contributed by atoms with van der Waals surface area (Å²) in [6.07, 6.45) is 10.6. The molecule has 0 radical (unpaired) electrons. The van der Waals surface area contributed by atoms with E-state index in [-0.39, 0.29) is 36.8 Å². The first kappa shape index (κ1) is 21.4. The summed E-state index contributed by atoms with van der Waals surface area (Å²) < 4.78 is 1.86. The SMILES string of the molecule is Cl.Cl.NC1CCC(n2cc(C(=O)N[C@H]3CCCN4CCC[C@@H]34)nn2)CC1. The molecule has 0 spiro atoms. The summed E-state index contributed by atoms with van der Waals surface area (Å²) in [5, 5.41) is 11.5. The van der Waals surface area contributed by atoms with E-state index >= 15 is 0 Å². The Labute approximate surface area is 167 Å². The molecule has 3 N–H and O–H groups in total. The molecule has 148 valence electrons. The van der Waals surface area contributed by atoms with Crippen molar-refractivity contribution in [2.45, 2.75) is 75.5 Å². The average molecular weight is 405 g/mol. The molecule has 1 amide bonds. The zero-order valence-corrected chi connectivity index (χ0v) is 16.7. The van der Waals surface area contributed by atoms with Crippen molar-refractivity contribution in [3.8, 4) is 0 Å². The van der Waals surface area contributed by atoms with Crippen LogP contribution in [0, 0.1) is 0 Å². The molecule has 7 nitrogen and oxygen atoms in total. The van der Waals surface area contributed by atoms with E-state index in [1.807, 2.05) is 10.9 Å². The number of rotatable bonds is 3. The molecule has 2 aliphatic heterocycles. The Morgan fingerprint density at radius 2 is 1.77 bits per heavy atom. The number of aromatic nitrogens is 3. The van der Waals surface area contributed by atoms with Gasteiger partial charge in [-0.05, 0) is 64.5 Å². The smallest absolute Gasteiger partial charge is 0.273 e. The number of carbonyl (C=O) groups is 1. The van der Waals surface area contributed by atoms with Crippen LogP contribution < -0.4 is 11.1 Å². The summed E-state index contributed by atoms with van der Waals surface area (Å²) >= 11 is 0. The molecule has 3 aliphatic rings. The normalized spacial score (nSPS) is 31.4. The standard InChI is InChI=1S/C17H28N6O.2ClH/c18-12-5-7-13(8-6-12)23-11-15(20-21-23)17(24)19-14-3-1-9-22-10-2-4-16(14)22;;/h11-14,16H,1-10,18H2,(H,19,24);2*1H/t12?,13?,14-,16-;;/m0../s1. The highest BCUT2D eigenvalue weighted by Crippen LogP contribution is 2.28. The molecule has 1 aromatic heterocycles. The summed E-state index contributed by atoms with van der Waals surface area (Å²) in [5.41, 5.74) is 6.41. The van der Waals surface area contributed by atoms with Gasteiger partial charge in [0.25, 0.3) is 5.91 Å². The maximum atomic E-state index is 12.6. The van der Waals surface area contributed by atoms with E-state index in [2.05, 4.69) is 20.5 Å². The van der Waals surface area contributed by atoms with Crippen LogP contribution in [0.2, 0.25) is 0 Å². The van der Waals surface area contributed by atoms with Crippen LogP contribution in [0.4, 0.5) is 0 Å². The molecule has 1 saturated carbocycles. The number of hydrogen-bond acceptors (Lipinski definition) is 5. The predicted octanol–water partition coefficient (Wildman–Crippen LogP) is 1.92. The van der Waals surface area contributed by atoms with Gasteiger partial charge in [0.05, 0.1) is 12.2 Å². The van der Waals surface area contributed by atoms with Crippen molar-refractivity contribution in [2.75, 3.05) is 13.1 Å². The fraction of sp³-hybridized carbons (Fsp3) is 0.824. The lowest BCUT2D eigenvalue weighted by molar-refractivity contribution is 0.0863. The second-order valence-electron chi connectivity index (χ2n) is 7.62. The van der Waals surface area contributed by atoms with Gasteiger partial charge in [-0.2, -0.15) is 0 Å². The lowest BCUT2D eigenvalue weighted by atomic mass is 9.92. The molecule has 3 heterocycles. The molecule has 2 atom stereocenters. The van der Waals surface area contributed by atoms with Gasteiger partial charge in [0.1, 0.15) is 0 Å². The second kappa shape index (κ2) is 9.35. The number of nitrogens with zero attached hydrogens (tertiary/aromatic N) is 4. The molecule has 3 fully saturated rings. The Balaban J connectivity index is 0.00000121. The molecule has 26 heavy (non-hydrogen) atoms. The molecule has 1 aromatic rings. The lowest BCUT2D eigenvalue weighted by Crippen LogP contribution is -2.52. The van der Waals surface area contributed by atoms with Crippen LogP contribution in [0.15, 0.2) is 6.20 Å². The third kappa shape index (κ3) is 4.50. The first-order chi connectivity index (χ1) is 11.7. The monoisotopic (exact) mass is 404 g/mol. The lowest BCUT2D eigenvalue weighted by Gasteiger charge is -2.36. The van der Waals surface area contributed by atoms with Crippen molar-refractivity contribution < 1.29 is 4.79 Å². The van der Waals surface area contributed by atoms with Crippen LogP contribution in [-0.4, -0.2) is 57.0 Å². The number of amides is 1. The van der Waals surface area contributed by atoms with Crippen molar-refractivity contribution >= 4 is 30.7 Å². The van der Waals surface area contributed by atoms with Gasteiger partial charge in [0.2, 0.25) is 0 Å². The number of carbonyl (C=O) groups excluding carboxylic acids is 1. The Kier molecular flexibility index (Phi) is 7.70. The van der Waals surface area contributed by atoms with Crippen molar-refractivity contribution in [3.63, 3.8) is 0 Å². The molecule has 9 heteroatoms. The van der Waals surface area contributed by atoms with Crippen molar-refractivity contribution in [1.29, 1.82) is 0 Å². The van der Waals surface area contributed by atoms with Crippen LogP contribution in [0.25, 0.3) is 0 Å². The van der Waals surface area contributed by atoms with Crippen molar-refractivity contribution in [3.05, 3.63) is 11.9 Å². The summed E-state index contributed by atoms with van der Waals surface area (Å²) in [4.78, 5) is 15.1. The molecule has 4 rings (SSSR count). The largest absolute Gasteiger partial charge is 0.346 e. The number of halogens is 2. The Hall–Kier alpha value is -0.890. The van der Waals surface area contributed by atoms with Crippen LogP contribution >= 0.6 is 24.8 Å². The first-order valence-corrected chi connectivity index (χ1v) is 9.43. The fourth-order valence-corrected chi connectivity index (χ4v) is 4.63. The highest BCUT2D eigenvalue weighted by Gasteiger charge is 2.35. The van der Waals surface area contributed by atoms with Gasteiger partial charge >= 0.3 is 0 Å². The van der Waals surface area contributed by atoms with Crippen LogP contribution in [0.5, 0.6) is 0 Å². The molecule has 1 aliphatic carbocycles. The highest BCUT2D eigenvalue weighted by atomic mass is 35.5. The summed E-state index contributed by atoms with van der Waals surface area (Å²) in [7, 11) is 0. The van der Waals surface area contributed by atoms with Gasteiger partial charge < -0.3 is 11.1 Å². The zero-order valence-electron chi connectivity index (χ0n) is 15.0. The van der Waals surface area contributed by atoms with Crippen LogP contribution in [0.1, 0.15) is 67.9 Å². The van der Waals surface area contributed by atoms with E-state index < -0.39 is 0 Å². The summed E-state index contributed by atoms with van der Waals surface area (Å²) in [6, 6.07) is 1.41. The minimum atomic E-state index is -0.0764. The Morgan fingerprint density at radius 1 is 1.08 bits per heavy atom. The minimum Gasteiger partial charge on any atom is -0.346 e. The summed E-state index contributed by atoms with van der Waals surface area (Å²) in [6.45, 7) is 2.36. The van der Waals surface area contributed by atoms with Crippen LogP contribution in [-0.2, 0) is 0 Å². The topological polar surface area (TPSA) is 89.1 Å². The number of fused-ring (bicyclic) bond motifs is 1. The third-order valence-corrected chi connectivity index (χ3v) is 6.01. The first-order valence-electron chi connectivity index (χ1n) is 9.43. The van der Waals surface area contributed by atoms with Crippen LogP contribution in [0.3, 0.4) is 0 Å². The van der Waals surface area contributed by atoms with Crippen molar-refractivity contribution in [2.24, 2.45) is 5.73 Å². The minimum absolute atomic E-state index is 0. The molecule has 0 bridgehead atoms. The van der Waals surface area contributed by atoms with Gasteiger partial charge in [0.15, 0.2) is 5.69 Å². The number of nitrogens with two attached hydrogens (primary N) is 1. The maximum Gasteiger partial charge on any atom is 0.273 e. The third-order valence-electron chi connectivity index (χ3n) is 6.01. The fourth-order valence-electron chi connectivity index (χ4n) is 4.63. The maximum absolute atomic E-state index is 12.6. The van der Waals surface area contributed by atoms with Gasteiger partial charge in [-0.3, -0.25) is 9.69 Å². The molecule has 2 saturated heterocycles. The number of nitrogens with one attached hydrogen (secondary N) is 1. The van der Waals surface area contributed by atoms with E-state index in [1.54, 1.807) is 0 Å². The quantitative estimate of drug-likeness (QED) is 0.802. The Morgan fingerprint density at radius 3 is 2.50 bits per heavy atom. The molecule has 0 aromatic carbocycles. The van der Waals surface area contributed by atoms with Gasteiger partial charge in [-0.25, -0.2) is 4.68 Å². The Bertz CT molecular complexity index is 590. The second-order valence-corrected chi connectivity index (χ2v) is 7.62. The van der Waals surface area contributed by atoms with Crippen molar-refractivity contribution in [1.82, 2.24) is 25.2 Å². The molecular formula is C17H30Cl2N6O. The van der Waals surface area contributed by atoms with E-state index in [1.165, 1.54) is 25.9 Å². The number of hydrogen-bond donors (Lipinski definition) is 2. The van der Waals surface area contributed by atoms with E-state index in [0.29, 0.717) is 23.8 Å². The van der Waals surface area contributed by atoms with Gasteiger partial charge in [0, 0.05) is 18.1 Å². The zero-order chi connectivity index (χ0) is 16.5. The number of piperidine rings is 1. The molecular weight excluding hydrogens is 375 g/mol. The predicted molar refractivity (Wildman–Crippen MR) is 105 cm³/mol. The highest BCUT2D eigenvalue weighted by molar-refractivity contribution is 5.92. The van der Waals surface area contributed by atoms with Gasteiger partial charge in [-0.15, -0.1) is 29.9 Å². The van der Waals surface area contributed by atoms with Gasteiger partial charge in [-0.1, -0.05) is 5.21 Å². The molecule has 0 unspecified atom stereocenters.